The van der Waals surface area contributed by atoms with Gasteiger partial charge in [-0.2, -0.15) is 0 Å². The van der Waals surface area contributed by atoms with Crippen molar-refractivity contribution in [1.29, 1.82) is 0 Å². The number of aryl methyl sites for hydroxylation is 2. The van der Waals surface area contributed by atoms with Crippen LogP contribution in [0, 0.1) is 19.7 Å². The van der Waals surface area contributed by atoms with E-state index in [1.807, 2.05) is 33.8 Å². The average molecular weight is 411 g/mol. The smallest absolute Gasteiger partial charge is 0.351 e. The fourth-order valence-corrected chi connectivity index (χ4v) is 3.87. The first-order valence-corrected chi connectivity index (χ1v) is 10.1. The second-order valence-corrected chi connectivity index (χ2v) is 8.80. The van der Waals surface area contributed by atoms with Crippen LogP contribution in [0.3, 0.4) is 0 Å². The number of pyridine rings is 1. The summed E-state index contributed by atoms with van der Waals surface area (Å²) in [6, 6.07) is 3.36. The van der Waals surface area contributed by atoms with Gasteiger partial charge in [-0.05, 0) is 49.8 Å². The number of fused-ring (bicyclic) bond motifs is 2. The Morgan fingerprint density at radius 2 is 1.97 bits per heavy atom. The van der Waals surface area contributed by atoms with Crippen molar-refractivity contribution in [2.45, 2.75) is 59.4 Å². The third-order valence-electron chi connectivity index (χ3n) is 5.74. The minimum atomic E-state index is -0.549. The molecule has 3 heterocycles. The number of nitrogens with zero attached hydrogens (tertiary/aromatic N) is 3. The first-order chi connectivity index (χ1) is 14.1. The molecule has 3 aromatic rings. The van der Waals surface area contributed by atoms with Gasteiger partial charge in [-0.1, -0.05) is 20.8 Å². The standard InChI is InChI=1S/C23H26FN3O3/c1-12-13(2)25-19-15(10-14(11-16(19)24)23(3,4)5)20(12)30-22(28)18-17-8-7-9-27(17)26-21(18)29-6/h10-11H,7-9H2,1-6H3. The molecule has 158 valence electrons. The van der Waals surface area contributed by atoms with E-state index in [2.05, 4.69) is 10.1 Å². The molecule has 0 N–H and O–H groups in total. The van der Waals surface area contributed by atoms with E-state index in [4.69, 9.17) is 9.47 Å². The lowest BCUT2D eigenvalue weighted by atomic mass is 9.86. The molecule has 0 saturated carbocycles. The average Bonchev–Trinajstić information content (AvgIpc) is 3.25. The number of methoxy groups -OCH3 is 1. The highest BCUT2D eigenvalue weighted by Gasteiger charge is 2.30. The molecule has 4 rings (SSSR count). The van der Waals surface area contributed by atoms with Crippen molar-refractivity contribution in [2.24, 2.45) is 0 Å². The summed E-state index contributed by atoms with van der Waals surface area (Å²) in [4.78, 5) is 17.6. The van der Waals surface area contributed by atoms with Crippen molar-refractivity contribution in [3.8, 4) is 11.6 Å². The van der Waals surface area contributed by atoms with Crippen LogP contribution in [0.4, 0.5) is 4.39 Å². The van der Waals surface area contributed by atoms with Crippen molar-refractivity contribution in [2.75, 3.05) is 7.11 Å². The molecule has 30 heavy (non-hydrogen) atoms. The van der Waals surface area contributed by atoms with E-state index in [1.165, 1.54) is 13.2 Å². The number of carbonyl (C=O) groups excluding carboxylic acids is 1. The Balaban J connectivity index is 1.88. The SMILES string of the molecule is COc1nn2c(c1C(=O)Oc1c(C)c(C)nc3c(F)cc(C(C)(C)C)cc13)CCC2. The molecule has 0 aliphatic carbocycles. The lowest BCUT2D eigenvalue weighted by molar-refractivity contribution is 0.0731. The molecule has 0 spiro atoms. The molecule has 1 aliphatic rings. The summed E-state index contributed by atoms with van der Waals surface area (Å²) < 4.78 is 27.9. The maximum Gasteiger partial charge on any atom is 0.351 e. The Morgan fingerprint density at radius 3 is 2.63 bits per heavy atom. The molecule has 0 radical (unpaired) electrons. The third-order valence-corrected chi connectivity index (χ3v) is 5.74. The maximum atomic E-state index is 14.9. The molecule has 0 unspecified atom stereocenters. The minimum Gasteiger partial charge on any atom is -0.479 e. The van der Waals surface area contributed by atoms with Gasteiger partial charge in [-0.3, -0.25) is 4.68 Å². The zero-order valence-corrected chi connectivity index (χ0v) is 18.2. The summed E-state index contributed by atoms with van der Waals surface area (Å²) in [5.41, 5.74) is 3.19. The van der Waals surface area contributed by atoms with Crippen molar-refractivity contribution in [3.63, 3.8) is 0 Å². The van der Waals surface area contributed by atoms with Gasteiger partial charge in [0.2, 0.25) is 5.88 Å². The van der Waals surface area contributed by atoms with Crippen LogP contribution >= 0.6 is 0 Å². The van der Waals surface area contributed by atoms with Gasteiger partial charge in [-0.15, -0.1) is 5.10 Å². The molecule has 0 amide bonds. The fourth-order valence-electron chi connectivity index (χ4n) is 3.87. The molecular weight excluding hydrogens is 385 g/mol. The lowest BCUT2D eigenvalue weighted by Gasteiger charge is -2.21. The van der Waals surface area contributed by atoms with Crippen LogP contribution in [0.5, 0.6) is 11.6 Å². The van der Waals surface area contributed by atoms with E-state index >= 15 is 0 Å². The van der Waals surface area contributed by atoms with Crippen LogP contribution in [-0.4, -0.2) is 27.8 Å². The topological polar surface area (TPSA) is 66.2 Å². The monoisotopic (exact) mass is 411 g/mol. The van der Waals surface area contributed by atoms with E-state index in [9.17, 15) is 9.18 Å². The summed E-state index contributed by atoms with van der Waals surface area (Å²) in [5, 5.41) is 4.84. The Morgan fingerprint density at radius 1 is 1.23 bits per heavy atom. The normalized spacial score (nSPS) is 13.6. The van der Waals surface area contributed by atoms with Crippen molar-refractivity contribution in [1.82, 2.24) is 14.8 Å². The van der Waals surface area contributed by atoms with E-state index in [-0.39, 0.29) is 16.8 Å². The number of carbonyl (C=O) groups is 1. The van der Waals surface area contributed by atoms with Gasteiger partial charge in [0.25, 0.3) is 0 Å². The largest absolute Gasteiger partial charge is 0.479 e. The summed E-state index contributed by atoms with van der Waals surface area (Å²) >= 11 is 0. The number of hydrogen-bond donors (Lipinski definition) is 0. The zero-order valence-electron chi connectivity index (χ0n) is 18.2. The molecule has 7 heteroatoms. The van der Waals surface area contributed by atoms with Crippen molar-refractivity contribution in [3.05, 3.63) is 46.0 Å². The van der Waals surface area contributed by atoms with E-state index < -0.39 is 11.8 Å². The van der Waals surface area contributed by atoms with Crippen molar-refractivity contribution < 1.29 is 18.7 Å². The van der Waals surface area contributed by atoms with Crippen LogP contribution < -0.4 is 9.47 Å². The molecular formula is C23H26FN3O3. The molecule has 1 aromatic carbocycles. The first kappa shape index (κ1) is 20.3. The number of hydrogen-bond acceptors (Lipinski definition) is 5. The highest BCUT2D eigenvalue weighted by atomic mass is 19.1. The Labute approximate surface area is 175 Å². The second kappa shape index (κ2) is 7.07. The molecule has 0 fully saturated rings. The Bertz CT molecular complexity index is 1180. The van der Waals surface area contributed by atoms with Crippen LogP contribution in [-0.2, 0) is 18.4 Å². The number of ether oxygens (including phenoxy) is 2. The summed E-state index contributed by atoms with van der Waals surface area (Å²) in [6.45, 7) is 10.4. The van der Waals surface area contributed by atoms with Crippen LogP contribution in [0.2, 0.25) is 0 Å². The van der Waals surface area contributed by atoms with Gasteiger partial charge in [0.15, 0.2) is 0 Å². The molecule has 2 aromatic heterocycles. The van der Waals surface area contributed by atoms with Gasteiger partial charge < -0.3 is 9.47 Å². The quantitative estimate of drug-likeness (QED) is 0.587. The number of halogens is 1. The lowest BCUT2D eigenvalue weighted by Crippen LogP contribution is -2.15. The predicted octanol–water partition coefficient (Wildman–Crippen LogP) is 4.66. The molecule has 6 nitrogen and oxygen atoms in total. The minimum absolute atomic E-state index is 0.195. The van der Waals surface area contributed by atoms with E-state index in [0.717, 1.165) is 30.6 Å². The molecule has 0 bridgehead atoms. The number of rotatable bonds is 3. The summed E-state index contributed by atoms with van der Waals surface area (Å²) in [6.07, 6.45) is 1.65. The highest BCUT2D eigenvalue weighted by Crippen LogP contribution is 2.37. The van der Waals surface area contributed by atoms with Gasteiger partial charge in [0, 0.05) is 23.2 Å². The number of benzene rings is 1. The van der Waals surface area contributed by atoms with E-state index in [1.54, 1.807) is 11.6 Å². The summed E-state index contributed by atoms with van der Waals surface area (Å²) in [7, 11) is 1.48. The fraction of sp³-hybridized carbons (Fsp3) is 0.435. The van der Waals surface area contributed by atoms with Crippen LogP contribution in [0.25, 0.3) is 10.9 Å². The zero-order chi connectivity index (χ0) is 21.8. The van der Waals surface area contributed by atoms with Gasteiger partial charge in [0.05, 0.1) is 12.8 Å². The van der Waals surface area contributed by atoms with Gasteiger partial charge >= 0.3 is 5.97 Å². The van der Waals surface area contributed by atoms with Crippen molar-refractivity contribution >= 4 is 16.9 Å². The third kappa shape index (κ3) is 3.22. The van der Waals surface area contributed by atoms with Gasteiger partial charge in [-0.25, -0.2) is 14.2 Å². The molecule has 1 aliphatic heterocycles. The summed E-state index contributed by atoms with van der Waals surface area (Å²) in [5.74, 6) is -0.398. The molecule has 0 atom stereocenters. The van der Waals surface area contributed by atoms with Crippen LogP contribution in [0.15, 0.2) is 12.1 Å². The predicted molar refractivity (Wildman–Crippen MR) is 112 cm³/mol. The highest BCUT2D eigenvalue weighted by molar-refractivity contribution is 5.98. The Kier molecular flexibility index (Phi) is 4.79. The second-order valence-electron chi connectivity index (χ2n) is 8.80. The molecule has 0 saturated heterocycles. The van der Waals surface area contributed by atoms with Crippen LogP contribution in [0.1, 0.15) is 60.1 Å². The maximum absolute atomic E-state index is 14.9. The first-order valence-electron chi connectivity index (χ1n) is 10.1. The van der Waals surface area contributed by atoms with Gasteiger partial charge in [0.1, 0.15) is 22.6 Å². The van der Waals surface area contributed by atoms with E-state index in [0.29, 0.717) is 28.0 Å². The Hall–Kier alpha value is -2.96. The number of aromatic nitrogens is 3. The number of esters is 1.